The van der Waals surface area contributed by atoms with Gasteiger partial charge >= 0.3 is 0 Å². The Hall–Kier alpha value is -5.45. The standard InChI is InChI=1S/C35H35N7O4/c43-31-6-2-5-19-41(31)22-23-7-9-25(10-8-23)33(32-28-20-27(42(45)46)15-16-29(28)38-34(32)44)37-26-13-11-24(12-14-26)30-21-36-35(39-30)40-17-3-1-4-18-40/h7-16,20-21,37H,1-6,17-19,22H2,(H,36,39)(H,38,44)/b33-32-. The van der Waals surface area contributed by atoms with Crippen molar-refractivity contribution in [3.05, 3.63) is 99.7 Å². The van der Waals surface area contributed by atoms with E-state index >= 15 is 0 Å². The summed E-state index contributed by atoms with van der Waals surface area (Å²) in [5.41, 5.74) is 6.00. The Labute approximate surface area is 266 Å². The highest BCUT2D eigenvalue weighted by atomic mass is 16.6. The maximum Gasteiger partial charge on any atom is 0.270 e. The van der Waals surface area contributed by atoms with Gasteiger partial charge in [0, 0.05) is 73.4 Å². The van der Waals surface area contributed by atoms with Crippen LogP contribution in [0, 0.1) is 10.1 Å². The Morgan fingerprint density at radius 1 is 0.913 bits per heavy atom. The Kier molecular flexibility index (Phi) is 7.96. The van der Waals surface area contributed by atoms with E-state index in [4.69, 9.17) is 4.98 Å². The Bertz CT molecular complexity index is 1820. The summed E-state index contributed by atoms with van der Waals surface area (Å²) in [6, 6.07) is 20.0. The number of carbonyl (C=O) groups is 2. The number of piperidine rings is 2. The first-order valence-electron chi connectivity index (χ1n) is 15.8. The van der Waals surface area contributed by atoms with Gasteiger partial charge in [-0.25, -0.2) is 4.98 Å². The number of non-ortho nitro benzene ring substituents is 1. The van der Waals surface area contributed by atoms with E-state index in [1.165, 1.54) is 31.4 Å². The summed E-state index contributed by atoms with van der Waals surface area (Å²) in [6.07, 6.45) is 8.04. The van der Waals surface area contributed by atoms with E-state index in [0.29, 0.717) is 35.5 Å². The van der Waals surface area contributed by atoms with E-state index in [1.807, 2.05) is 59.6 Å². The topological polar surface area (TPSA) is 136 Å². The van der Waals surface area contributed by atoms with Gasteiger partial charge in [0.15, 0.2) is 0 Å². The summed E-state index contributed by atoms with van der Waals surface area (Å²) in [5.74, 6) is 0.707. The van der Waals surface area contributed by atoms with Crippen LogP contribution in [-0.2, 0) is 16.1 Å². The van der Waals surface area contributed by atoms with Crippen LogP contribution >= 0.6 is 0 Å². The molecule has 4 aromatic rings. The highest BCUT2D eigenvalue weighted by Gasteiger charge is 2.30. The number of nitro benzene ring substituents is 1. The third-order valence-electron chi connectivity index (χ3n) is 8.92. The number of nitro groups is 1. The number of aromatic amines is 1. The molecule has 0 unspecified atom stereocenters. The summed E-state index contributed by atoms with van der Waals surface area (Å²) >= 11 is 0. The largest absolute Gasteiger partial charge is 0.354 e. The molecule has 0 aliphatic carbocycles. The minimum Gasteiger partial charge on any atom is -0.354 e. The number of nitrogens with zero attached hydrogens (tertiary/aromatic N) is 4. The van der Waals surface area contributed by atoms with Crippen molar-refractivity contribution in [1.29, 1.82) is 0 Å². The SMILES string of the molecule is O=C1Nc2ccc([N+](=O)[O-])cc2/C1=C(/Nc1ccc(-c2c[nH]c(N3CCCCC3)n2)cc1)c1ccc(CN2CCCCC2=O)cc1. The first kappa shape index (κ1) is 29.3. The van der Waals surface area contributed by atoms with E-state index in [1.54, 1.807) is 6.07 Å². The molecule has 1 aromatic heterocycles. The molecule has 0 bridgehead atoms. The second-order valence-corrected chi connectivity index (χ2v) is 12.0. The van der Waals surface area contributed by atoms with E-state index in [0.717, 1.165) is 66.5 Å². The van der Waals surface area contributed by atoms with Gasteiger partial charge in [-0.2, -0.15) is 0 Å². The van der Waals surface area contributed by atoms with Crippen LogP contribution < -0.4 is 15.5 Å². The molecule has 234 valence electrons. The Morgan fingerprint density at radius 2 is 1.67 bits per heavy atom. The summed E-state index contributed by atoms with van der Waals surface area (Å²) in [6.45, 7) is 3.29. The lowest BCUT2D eigenvalue weighted by Gasteiger charge is -2.26. The Morgan fingerprint density at radius 3 is 2.41 bits per heavy atom. The van der Waals surface area contributed by atoms with Gasteiger partial charge in [0.25, 0.3) is 11.6 Å². The van der Waals surface area contributed by atoms with Crippen LogP contribution in [-0.4, -0.2) is 51.2 Å². The predicted molar refractivity (Wildman–Crippen MR) is 178 cm³/mol. The molecule has 7 rings (SSSR count). The molecular formula is C35H35N7O4. The number of hydrogen-bond donors (Lipinski definition) is 3. The first-order chi connectivity index (χ1) is 22.4. The van der Waals surface area contributed by atoms with Gasteiger partial charge in [-0.15, -0.1) is 0 Å². The summed E-state index contributed by atoms with van der Waals surface area (Å²) in [5, 5.41) is 17.9. The van der Waals surface area contributed by atoms with Gasteiger partial charge in [-0.05, 0) is 61.4 Å². The quantitative estimate of drug-likeness (QED) is 0.118. The van der Waals surface area contributed by atoms with Gasteiger partial charge in [-0.1, -0.05) is 36.4 Å². The molecule has 0 atom stereocenters. The molecule has 3 aliphatic rings. The number of fused-ring (bicyclic) bond motifs is 1. The van der Waals surface area contributed by atoms with Crippen LogP contribution in [0.25, 0.3) is 22.5 Å². The monoisotopic (exact) mass is 617 g/mol. The second-order valence-electron chi connectivity index (χ2n) is 12.0. The van der Waals surface area contributed by atoms with Crippen molar-refractivity contribution in [2.24, 2.45) is 0 Å². The maximum absolute atomic E-state index is 13.4. The molecule has 4 heterocycles. The minimum absolute atomic E-state index is 0.0964. The molecule has 11 heteroatoms. The molecule has 2 amide bonds. The zero-order chi connectivity index (χ0) is 31.6. The lowest BCUT2D eigenvalue weighted by molar-refractivity contribution is -0.384. The Balaban J connectivity index is 1.21. The molecule has 2 saturated heterocycles. The van der Waals surface area contributed by atoms with E-state index in [9.17, 15) is 19.7 Å². The number of rotatable bonds is 8. The number of H-pyrrole nitrogens is 1. The third kappa shape index (κ3) is 5.95. The molecule has 3 N–H and O–H groups in total. The minimum atomic E-state index is -0.463. The fraction of sp³-hybridized carbons (Fsp3) is 0.286. The molecular weight excluding hydrogens is 582 g/mol. The molecule has 11 nitrogen and oxygen atoms in total. The number of anilines is 3. The molecule has 46 heavy (non-hydrogen) atoms. The average molecular weight is 618 g/mol. The maximum atomic E-state index is 13.4. The lowest BCUT2D eigenvalue weighted by atomic mass is 9.98. The van der Waals surface area contributed by atoms with Crippen molar-refractivity contribution in [2.45, 2.75) is 45.1 Å². The normalized spacial score (nSPS) is 17.5. The number of amides is 2. The number of likely N-dealkylation sites (tertiary alicyclic amines) is 1. The number of imidazole rings is 1. The van der Waals surface area contributed by atoms with Crippen molar-refractivity contribution >= 4 is 46.1 Å². The highest BCUT2D eigenvalue weighted by Crippen LogP contribution is 2.39. The van der Waals surface area contributed by atoms with Gasteiger partial charge in [0.2, 0.25) is 11.9 Å². The van der Waals surface area contributed by atoms with Crippen LogP contribution in [0.5, 0.6) is 0 Å². The van der Waals surface area contributed by atoms with Crippen molar-refractivity contribution in [2.75, 3.05) is 35.2 Å². The number of hydrogen-bond acceptors (Lipinski definition) is 7. The third-order valence-corrected chi connectivity index (χ3v) is 8.92. The summed E-state index contributed by atoms with van der Waals surface area (Å²) < 4.78 is 0. The summed E-state index contributed by atoms with van der Waals surface area (Å²) in [4.78, 5) is 49.3. The van der Waals surface area contributed by atoms with Crippen LogP contribution in [0.2, 0.25) is 0 Å². The summed E-state index contributed by atoms with van der Waals surface area (Å²) in [7, 11) is 0. The number of benzene rings is 3. The molecule has 2 fully saturated rings. The van der Waals surface area contributed by atoms with Gasteiger partial charge in [0.1, 0.15) is 0 Å². The van der Waals surface area contributed by atoms with E-state index in [-0.39, 0.29) is 17.5 Å². The first-order valence-corrected chi connectivity index (χ1v) is 15.8. The molecule has 3 aromatic carbocycles. The number of carbonyl (C=O) groups excluding carboxylic acids is 2. The zero-order valence-electron chi connectivity index (χ0n) is 25.4. The van der Waals surface area contributed by atoms with E-state index in [2.05, 4.69) is 20.5 Å². The van der Waals surface area contributed by atoms with Crippen LogP contribution in [0.3, 0.4) is 0 Å². The average Bonchev–Trinajstić information content (AvgIpc) is 3.70. The lowest BCUT2D eigenvalue weighted by Crippen LogP contribution is -2.34. The van der Waals surface area contributed by atoms with E-state index < -0.39 is 4.92 Å². The van der Waals surface area contributed by atoms with Crippen LogP contribution in [0.4, 0.5) is 23.0 Å². The van der Waals surface area contributed by atoms with Crippen molar-refractivity contribution < 1.29 is 14.5 Å². The van der Waals surface area contributed by atoms with Crippen molar-refractivity contribution in [1.82, 2.24) is 14.9 Å². The molecule has 3 aliphatic heterocycles. The van der Waals surface area contributed by atoms with Crippen LogP contribution in [0.15, 0.2) is 72.9 Å². The molecule has 0 radical (unpaired) electrons. The second kappa shape index (κ2) is 12.5. The number of aromatic nitrogens is 2. The zero-order valence-corrected chi connectivity index (χ0v) is 25.4. The molecule has 0 spiro atoms. The van der Waals surface area contributed by atoms with Gasteiger partial charge in [0.05, 0.1) is 21.9 Å². The van der Waals surface area contributed by atoms with Crippen molar-refractivity contribution in [3.8, 4) is 11.3 Å². The smallest absolute Gasteiger partial charge is 0.270 e. The predicted octanol–water partition coefficient (Wildman–Crippen LogP) is 6.42. The number of nitrogens with one attached hydrogen (secondary N) is 3. The fourth-order valence-electron chi connectivity index (χ4n) is 6.42. The highest BCUT2D eigenvalue weighted by molar-refractivity contribution is 6.37. The fourth-order valence-corrected chi connectivity index (χ4v) is 6.42. The van der Waals surface area contributed by atoms with Gasteiger partial charge in [-0.3, -0.25) is 19.7 Å². The van der Waals surface area contributed by atoms with Crippen molar-refractivity contribution in [3.63, 3.8) is 0 Å². The van der Waals surface area contributed by atoms with Gasteiger partial charge < -0.3 is 25.4 Å². The molecule has 0 saturated carbocycles. The van der Waals surface area contributed by atoms with Crippen LogP contribution in [0.1, 0.15) is 55.2 Å².